The highest BCUT2D eigenvalue weighted by atomic mass is 32.2. The summed E-state index contributed by atoms with van der Waals surface area (Å²) in [6.45, 7) is 15.5. The van der Waals surface area contributed by atoms with Crippen molar-refractivity contribution in [2.75, 3.05) is 0 Å². The molecule has 0 aromatic heterocycles. The number of benzene rings is 1. The summed E-state index contributed by atoms with van der Waals surface area (Å²) < 4.78 is 123. The summed E-state index contributed by atoms with van der Waals surface area (Å²) in [5.41, 5.74) is -18.0. The van der Waals surface area contributed by atoms with E-state index in [9.17, 15) is 50.0 Å². The zero-order chi connectivity index (χ0) is 28.8. The van der Waals surface area contributed by atoms with E-state index in [1.807, 2.05) is 0 Å². The lowest BCUT2D eigenvalue weighted by molar-refractivity contribution is -0.0339. The molecule has 2 aliphatic carbocycles. The van der Waals surface area contributed by atoms with Gasteiger partial charge in [0.05, 0.1) is 5.57 Å². The molecule has 1 aromatic rings. The van der Waals surface area contributed by atoms with Crippen LogP contribution in [-0.2, 0) is 12.8 Å². The number of halogens is 9. The second-order valence-electron chi connectivity index (χ2n) is 7.42. The largest absolute Gasteiger partial charge is 0.523 e. The highest BCUT2D eigenvalue weighted by Gasteiger charge is 2.43. The fraction of sp³-hybridized carbons (Fsp3) is 0.273. The van der Waals surface area contributed by atoms with E-state index in [1.54, 1.807) is 0 Å². The van der Waals surface area contributed by atoms with E-state index >= 15 is 0 Å². The van der Waals surface area contributed by atoms with Gasteiger partial charge in [-0.05, 0) is 76.1 Å². The number of rotatable bonds is 3. The van der Waals surface area contributed by atoms with Crippen LogP contribution in [0.2, 0.25) is 0 Å². The molecule has 4 nitrogen and oxygen atoms in total. The fourth-order valence-electron chi connectivity index (χ4n) is 4.10. The predicted octanol–water partition coefficient (Wildman–Crippen LogP) is 6.95. The Balaban J connectivity index is 2.71. The van der Waals surface area contributed by atoms with Crippen molar-refractivity contribution in [3.63, 3.8) is 0 Å². The van der Waals surface area contributed by atoms with Gasteiger partial charge in [-0.15, -0.1) is 0 Å². The SMILES string of the molecule is [C-]#[N+]C([N+]#[C-])=C1Cc2c(SC(F)(F)F)c3c(c(SC(F)(F)F)c2=C1C)CC(=C(C#N)C#N)C=3SC(F)(F)F. The molecule has 0 N–H and O–H groups in total. The molecule has 196 valence electrons. The van der Waals surface area contributed by atoms with Crippen LogP contribution in [0.15, 0.2) is 32.3 Å². The zero-order valence-corrected chi connectivity index (χ0v) is 20.8. The van der Waals surface area contributed by atoms with E-state index in [2.05, 4.69) is 9.69 Å². The minimum atomic E-state index is -5.14. The van der Waals surface area contributed by atoms with Crippen molar-refractivity contribution in [1.82, 2.24) is 0 Å². The van der Waals surface area contributed by atoms with Crippen molar-refractivity contribution in [2.45, 2.75) is 46.1 Å². The molecular formula is C22H7F9N4S3. The van der Waals surface area contributed by atoms with E-state index in [-0.39, 0.29) is 16.4 Å². The third-order valence-electron chi connectivity index (χ3n) is 5.30. The van der Waals surface area contributed by atoms with Gasteiger partial charge in [-0.1, -0.05) is 0 Å². The first-order valence-corrected chi connectivity index (χ1v) is 12.1. The monoisotopic (exact) mass is 594 g/mol. The summed E-state index contributed by atoms with van der Waals surface area (Å²) in [6.07, 6.45) is -1.45. The van der Waals surface area contributed by atoms with E-state index in [0.717, 1.165) is 0 Å². The Labute approximate surface area is 220 Å². The number of hydrogen-bond acceptors (Lipinski definition) is 5. The van der Waals surface area contributed by atoms with E-state index in [1.165, 1.54) is 19.1 Å². The van der Waals surface area contributed by atoms with Gasteiger partial charge in [0, 0.05) is 26.3 Å². The Bertz CT molecular complexity index is 1570. The number of allylic oxidation sites excluding steroid dienone is 2. The van der Waals surface area contributed by atoms with Crippen LogP contribution in [0, 0.1) is 35.8 Å². The Hall–Kier alpha value is -3.18. The smallest absolute Gasteiger partial charge is 0.192 e. The minimum Gasteiger partial charge on any atom is -0.192 e. The Morgan fingerprint density at radius 3 is 1.58 bits per heavy atom. The molecule has 2 aliphatic rings. The van der Waals surface area contributed by atoms with Crippen LogP contribution >= 0.6 is 35.3 Å². The first-order chi connectivity index (χ1) is 17.5. The van der Waals surface area contributed by atoms with Gasteiger partial charge in [-0.3, -0.25) is 0 Å². The van der Waals surface area contributed by atoms with Crippen molar-refractivity contribution in [1.29, 1.82) is 10.5 Å². The van der Waals surface area contributed by atoms with Crippen LogP contribution in [0.4, 0.5) is 39.5 Å². The highest BCUT2D eigenvalue weighted by Crippen LogP contribution is 2.49. The molecule has 0 spiro atoms. The average molecular weight is 595 g/mol. The van der Waals surface area contributed by atoms with Crippen LogP contribution in [0.5, 0.6) is 0 Å². The van der Waals surface area contributed by atoms with Crippen molar-refractivity contribution in [2.24, 2.45) is 0 Å². The van der Waals surface area contributed by atoms with E-state index in [0.29, 0.717) is 0 Å². The molecule has 0 bridgehead atoms. The second kappa shape index (κ2) is 10.2. The average Bonchev–Trinajstić information content (AvgIpc) is 3.29. The molecule has 0 unspecified atom stereocenters. The zero-order valence-electron chi connectivity index (χ0n) is 18.3. The van der Waals surface area contributed by atoms with E-state index in [4.69, 9.17) is 13.1 Å². The van der Waals surface area contributed by atoms with Crippen LogP contribution in [-0.4, -0.2) is 16.5 Å². The van der Waals surface area contributed by atoms with Gasteiger partial charge in [0.1, 0.15) is 30.9 Å². The molecular weight excluding hydrogens is 587 g/mol. The van der Waals surface area contributed by atoms with Crippen molar-refractivity contribution < 1.29 is 39.5 Å². The van der Waals surface area contributed by atoms with Crippen LogP contribution in [0.25, 0.3) is 20.2 Å². The number of hydrogen-bond donors (Lipinski definition) is 0. The summed E-state index contributed by atoms with van der Waals surface area (Å²) in [4.78, 5) is 3.46. The topological polar surface area (TPSA) is 56.3 Å². The number of fused-ring (bicyclic) bond motifs is 2. The molecule has 16 heteroatoms. The van der Waals surface area contributed by atoms with Gasteiger partial charge in [0.15, 0.2) is 0 Å². The van der Waals surface area contributed by atoms with E-state index < -0.39 is 113 Å². The third-order valence-corrected chi connectivity index (χ3v) is 7.96. The molecule has 0 heterocycles. The van der Waals surface area contributed by atoms with Gasteiger partial charge in [0.2, 0.25) is 0 Å². The summed E-state index contributed by atoms with van der Waals surface area (Å²) in [5, 5.41) is 17.4. The number of nitriles is 2. The van der Waals surface area contributed by atoms with Crippen LogP contribution < -0.4 is 10.4 Å². The normalized spacial score (nSPS) is 14.9. The summed E-state index contributed by atoms with van der Waals surface area (Å²) >= 11 is -2.53. The Morgan fingerprint density at radius 1 is 0.737 bits per heavy atom. The van der Waals surface area contributed by atoms with Gasteiger partial charge >= 0.3 is 22.3 Å². The Kier molecular flexibility index (Phi) is 7.87. The maximum absolute atomic E-state index is 13.7. The minimum absolute atomic E-state index is 0.0937. The second-order valence-corrected chi connectivity index (χ2v) is 10.6. The van der Waals surface area contributed by atoms with Crippen molar-refractivity contribution >= 4 is 45.8 Å². The predicted molar refractivity (Wildman–Crippen MR) is 122 cm³/mol. The standard InChI is InChI=1S/C22H7F9N4S3/c1-8-10(19(34-2)35-3)4-12-14(8)17(37-21(26,27)28)13-5-11(9(6-32)7-33)16(36-20(23,24)25)15(13)18(12)38-22(29,30)31/h4-5H2,1H3. The molecule has 0 aliphatic heterocycles. The lowest BCUT2D eigenvalue weighted by atomic mass is 10.0. The van der Waals surface area contributed by atoms with Crippen LogP contribution in [0.1, 0.15) is 18.1 Å². The number of alkyl halides is 9. The first-order valence-electron chi connectivity index (χ1n) is 9.68. The lowest BCUT2D eigenvalue weighted by Crippen LogP contribution is -2.26. The molecule has 0 saturated heterocycles. The fourth-order valence-corrected chi connectivity index (χ4v) is 6.78. The van der Waals surface area contributed by atoms with Crippen LogP contribution in [0.3, 0.4) is 0 Å². The third kappa shape index (κ3) is 5.78. The van der Waals surface area contributed by atoms with Gasteiger partial charge < -0.3 is 0 Å². The molecule has 0 amide bonds. The number of nitrogens with zero attached hydrogens (tertiary/aromatic N) is 4. The van der Waals surface area contributed by atoms with Gasteiger partial charge in [-0.2, -0.15) is 59.7 Å². The molecule has 1 aromatic carbocycles. The van der Waals surface area contributed by atoms with Crippen molar-refractivity contribution in [3.8, 4) is 12.1 Å². The maximum Gasteiger partial charge on any atom is 0.523 e. The molecule has 0 saturated carbocycles. The maximum atomic E-state index is 13.7. The van der Waals surface area contributed by atoms with Gasteiger partial charge in [0.25, 0.3) is 0 Å². The summed E-state index contributed by atoms with van der Waals surface area (Å²) in [6, 6.07) is 2.73. The van der Waals surface area contributed by atoms with Crippen molar-refractivity contribution in [3.05, 3.63) is 66.9 Å². The van der Waals surface area contributed by atoms with Gasteiger partial charge in [-0.25, -0.2) is 0 Å². The first kappa shape index (κ1) is 29.4. The Morgan fingerprint density at radius 2 is 1.16 bits per heavy atom. The molecule has 0 atom stereocenters. The summed E-state index contributed by atoms with van der Waals surface area (Å²) in [7, 11) is 0. The summed E-state index contributed by atoms with van der Waals surface area (Å²) in [5.74, 6) is -0.601. The molecule has 0 fully saturated rings. The quantitative estimate of drug-likeness (QED) is 0.164. The number of thioether (sulfide) groups is 3. The molecule has 0 radical (unpaired) electrons. The molecule has 38 heavy (non-hydrogen) atoms. The highest BCUT2D eigenvalue weighted by molar-refractivity contribution is 8.09. The lowest BCUT2D eigenvalue weighted by Gasteiger charge is -2.17. The molecule has 3 rings (SSSR count).